The molecule has 1 fully saturated rings. The molecule has 0 spiro atoms. The highest BCUT2D eigenvalue weighted by atomic mass is 19.4. The van der Waals surface area contributed by atoms with Crippen molar-refractivity contribution in [2.45, 2.75) is 63.7 Å². The first kappa shape index (κ1) is 15.4. The lowest BCUT2D eigenvalue weighted by Gasteiger charge is -2.37. The van der Waals surface area contributed by atoms with Crippen molar-refractivity contribution in [2.24, 2.45) is 11.7 Å². The molecule has 0 radical (unpaired) electrons. The van der Waals surface area contributed by atoms with Crippen LogP contribution in [0, 0.1) is 5.92 Å². The van der Waals surface area contributed by atoms with Gasteiger partial charge in [0.05, 0.1) is 5.92 Å². The average Bonchev–Trinajstić information content (AvgIpc) is 2.76. The Kier molecular flexibility index (Phi) is 4.42. The van der Waals surface area contributed by atoms with Gasteiger partial charge >= 0.3 is 6.18 Å². The quantitative estimate of drug-likeness (QED) is 0.924. The van der Waals surface area contributed by atoms with Crippen molar-refractivity contribution in [2.75, 3.05) is 0 Å². The Morgan fingerprint density at radius 2 is 2.05 bits per heavy atom. The number of rotatable bonds is 4. The number of alkyl halides is 3. The lowest BCUT2D eigenvalue weighted by molar-refractivity contribution is -0.184. The molecule has 1 aromatic rings. The zero-order valence-electron chi connectivity index (χ0n) is 11.8. The van der Waals surface area contributed by atoms with Crippen molar-refractivity contribution < 1.29 is 13.2 Å². The smallest absolute Gasteiger partial charge is 0.335 e. The van der Waals surface area contributed by atoms with E-state index in [-0.39, 0.29) is 12.8 Å². The van der Waals surface area contributed by atoms with E-state index in [2.05, 4.69) is 11.9 Å². The molecule has 1 aliphatic rings. The first-order chi connectivity index (χ1) is 9.34. The molecule has 1 heterocycles. The number of hydrogen-bond donors (Lipinski definition) is 1. The Bertz CT molecular complexity index is 431. The molecule has 0 atom stereocenters. The zero-order valence-corrected chi connectivity index (χ0v) is 11.8. The first-order valence-electron chi connectivity index (χ1n) is 7.20. The van der Waals surface area contributed by atoms with Crippen LogP contribution in [0.2, 0.25) is 0 Å². The van der Waals surface area contributed by atoms with E-state index < -0.39 is 17.6 Å². The second-order valence-electron chi connectivity index (χ2n) is 5.89. The van der Waals surface area contributed by atoms with Crippen molar-refractivity contribution in [3.63, 3.8) is 0 Å². The largest absolute Gasteiger partial charge is 0.391 e. The highest BCUT2D eigenvalue weighted by molar-refractivity contribution is 5.03. The number of hydrogen-bond acceptors (Lipinski definition) is 2. The third-order valence-corrected chi connectivity index (χ3v) is 4.22. The molecule has 0 unspecified atom stereocenters. The molecule has 0 saturated heterocycles. The molecular formula is C14H22F3N3. The van der Waals surface area contributed by atoms with Gasteiger partial charge < -0.3 is 10.3 Å². The van der Waals surface area contributed by atoms with Crippen molar-refractivity contribution in [1.29, 1.82) is 0 Å². The van der Waals surface area contributed by atoms with E-state index in [1.54, 1.807) is 6.20 Å². The minimum Gasteiger partial charge on any atom is -0.335 e. The van der Waals surface area contributed by atoms with Crippen LogP contribution < -0.4 is 5.73 Å². The minimum atomic E-state index is -4.08. The third-order valence-electron chi connectivity index (χ3n) is 4.22. The third kappa shape index (κ3) is 3.53. The van der Waals surface area contributed by atoms with E-state index in [9.17, 15) is 13.2 Å². The fourth-order valence-corrected chi connectivity index (χ4v) is 2.96. The van der Waals surface area contributed by atoms with Gasteiger partial charge in [0, 0.05) is 30.9 Å². The number of halogens is 3. The molecule has 1 saturated carbocycles. The van der Waals surface area contributed by atoms with Gasteiger partial charge in [-0.25, -0.2) is 4.98 Å². The van der Waals surface area contributed by atoms with Gasteiger partial charge in [-0.15, -0.1) is 0 Å². The Morgan fingerprint density at radius 1 is 1.40 bits per heavy atom. The molecule has 0 bridgehead atoms. The van der Waals surface area contributed by atoms with E-state index in [0.717, 1.165) is 18.8 Å². The topological polar surface area (TPSA) is 43.8 Å². The summed E-state index contributed by atoms with van der Waals surface area (Å²) in [6.07, 6.45) is 2.21. The molecule has 2 N–H and O–H groups in total. The van der Waals surface area contributed by atoms with Crippen molar-refractivity contribution in [3.05, 3.63) is 18.2 Å². The van der Waals surface area contributed by atoms with Crippen molar-refractivity contribution in [3.8, 4) is 0 Å². The number of nitrogens with two attached hydrogens (primary N) is 1. The van der Waals surface area contributed by atoms with Gasteiger partial charge in [-0.2, -0.15) is 13.2 Å². The predicted octanol–water partition coefficient (Wildman–Crippen LogP) is 3.29. The normalized spacial score (nSPS) is 27.8. The van der Waals surface area contributed by atoms with Crippen LogP contribution in [0.3, 0.4) is 0 Å². The SMILES string of the molecule is CCCn1ccnc1CC1(N)CCC(C(F)(F)F)CC1. The van der Waals surface area contributed by atoms with Crippen LogP contribution in [-0.4, -0.2) is 21.3 Å². The van der Waals surface area contributed by atoms with Crippen LogP contribution in [0.4, 0.5) is 13.2 Å². The lowest BCUT2D eigenvalue weighted by atomic mass is 9.75. The van der Waals surface area contributed by atoms with Gasteiger partial charge in [0.2, 0.25) is 0 Å². The zero-order chi connectivity index (χ0) is 14.8. The summed E-state index contributed by atoms with van der Waals surface area (Å²) in [7, 11) is 0. The van der Waals surface area contributed by atoms with Crippen molar-refractivity contribution in [1.82, 2.24) is 9.55 Å². The summed E-state index contributed by atoms with van der Waals surface area (Å²) in [6, 6.07) is 0. The summed E-state index contributed by atoms with van der Waals surface area (Å²) in [5.41, 5.74) is 5.76. The highest BCUT2D eigenvalue weighted by Crippen LogP contribution is 2.41. The Hall–Kier alpha value is -1.04. The van der Waals surface area contributed by atoms with Gasteiger partial charge in [-0.1, -0.05) is 6.92 Å². The van der Waals surface area contributed by atoms with E-state index in [1.807, 2.05) is 10.8 Å². The number of aryl methyl sites for hydroxylation is 1. The van der Waals surface area contributed by atoms with E-state index in [4.69, 9.17) is 5.73 Å². The fraction of sp³-hybridized carbons (Fsp3) is 0.786. The molecular weight excluding hydrogens is 267 g/mol. The van der Waals surface area contributed by atoms with E-state index in [1.165, 1.54) is 0 Å². The minimum absolute atomic E-state index is 0.133. The predicted molar refractivity (Wildman–Crippen MR) is 71.2 cm³/mol. The Labute approximate surface area is 117 Å². The van der Waals surface area contributed by atoms with Crippen LogP contribution in [0.15, 0.2) is 12.4 Å². The fourth-order valence-electron chi connectivity index (χ4n) is 2.96. The molecule has 1 aromatic heterocycles. The number of imidazole rings is 1. The van der Waals surface area contributed by atoms with Crippen LogP contribution in [-0.2, 0) is 13.0 Å². The summed E-state index contributed by atoms with van der Waals surface area (Å²) >= 11 is 0. The maximum atomic E-state index is 12.7. The summed E-state index contributed by atoms with van der Waals surface area (Å²) in [5, 5.41) is 0. The first-order valence-corrected chi connectivity index (χ1v) is 7.20. The summed E-state index contributed by atoms with van der Waals surface area (Å²) in [6.45, 7) is 2.95. The molecule has 114 valence electrons. The lowest BCUT2D eigenvalue weighted by Crippen LogP contribution is -2.47. The van der Waals surface area contributed by atoms with Gasteiger partial charge in [-0.3, -0.25) is 0 Å². The molecule has 1 aliphatic carbocycles. The van der Waals surface area contributed by atoms with Gasteiger partial charge in [0.15, 0.2) is 0 Å². The summed E-state index contributed by atoms with van der Waals surface area (Å²) in [5.74, 6) is -0.297. The van der Waals surface area contributed by atoms with Gasteiger partial charge in [-0.05, 0) is 32.1 Å². The van der Waals surface area contributed by atoms with Gasteiger partial charge in [0.25, 0.3) is 0 Å². The molecule has 3 nitrogen and oxygen atoms in total. The highest BCUT2D eigenvalue weighted by Gasteiger charge is 2.44. The van der Waals surface area contributed by atoms with E-state index in [0.29, 0.717) is 19.3 Å². The van der Waals surface area contributed by atoms with Crippen LogP contribution in [0.1, 0.15) is 44.9 Å². The standard InChI is InChI=1S/C14H22F3N3/c1-2-8-20-9-7-19-12(20)10-13(18)5-3-11(4-6-13)14(15,16)17/h7,9,11H,2-6,8,10,18H2,1H3. The average molecular weight is 289 g/mol. The van der Waals surface area contributed by atoms with Crippen LogP contribution in [0.5, 0.6) is 0 Å². The Balaban J connectivity index is 1.98. The van der Waals surface area contributed by atoms with Gasteiger partial charge in [0.1, 0.15) is 5.82 Å². The number of nitrogens with zero attached hydrogens (tertiary/aromatic N) is 2. The number of aromatic nitrogens is 2. The summed E-state index contributed by atoms with van der Waals surface area (Å²) < 4.78 is 40.1. The molecule has 0 aliphatic heterocycles. The molecule has 6 heteroatoms. The van der Waals surface area contributed by atoms with Crippen LogP contribution >= 0.6 is 0 Å². The summed E-state index contributed by atoms with van der Waals surface area (Å²) in [4.78, 5) is 4.30. The molecule has 20 heavy (non-hydrogen) atoms. The monoisotopic (exact) mass is 289 g/mol. The van der Waals surface area contributed by atoms with E-state index >= 15 is 0 Å². The second-order valence-corrected chi connectivity index (χ2v) is 5.89. The maximum Gasteiger partial charge on any atom is 0.391 e. The molecule has 2 rings (SSSR count). The van der Waals surface area contributed by atoms with Crippen LogP contribution in [0.25, 0.3) is 0 Å². The molecule has 0 amide bonds. The van der Waals surface area contributed by atoms with Crippen molar-refractivity contribution >= 4 is 0 Å². The maximum absolute atomic E-state index is 12.7. The molecule has 0 aromatic carbocycles. The second kappa shape index (κ2) is 5.76. The Morgan fingerprint density at radius 3 is 2.60 bits per heavy atom.